The first-order valence-corrected chi connectivity index (χ1v) is 7.11. The summed E-state index contributed by atoms with van der Waals surface area (Å²) in [5, 5.41) is 5.49. The van der Waals surface area contributed by atoms with Crippen LogP contribution in [0.3, 0.4) is 0 Å². The van der Waals surface area contributed by atoms with Crippen molar-refractivity contribution in [2.24, 2.45) is 5.73 Å². The van der Waals surface area contributed by atoms with Crippen molar-refractivity contribution in [1.29, 1.82) is 0 Å². The molecule has 0 radical (unpaired) electrons. The predicted molar refractivity (Wildman–Crippen MR) is 85.4 cm³/mol. The Morgan fingerprint density at radius 3 is 1.95 bits per heavy atom. The van der Waals surface area contributed by atoms with Crippen molar-refractivity contribution < 1.29 is 19.1 Å². The number of hydrogen-bond donors (Lipinski definition) is 3. The summed E-state index contributed by atoms with van der Waals surface area (Å²) in [4.78, 5) is 23.5. The third-order valence-electron chi connectivity index (χ3n) is 3.00. The molecule has 22 heavy (non-hydrogen) atoms. The minimum absolute atomic E-state index is 0.162. The number of nitrogens with one attached hydrogen (secondary N) is 2. The van der Waals surface area contributed by atoms with Gasteiger partial charge in [0.2, 0.25) is 11.8 Å². The Hall–Kier alpha value is -2.28. The minimum atomic E-state index is -0.176. The standard InChI is InChI=1S/C15H23N3O4/c1-4-14(19)17-10-8-12(21-2)13(22-3)9-11(10)18-15(20)6-5-7-16/h8-9H,4-7,16H2,1-3H3,(H,17,19)(H,18,20). The molecule has 122 valence electrons. The second-order valence-electron chi connectivity index (χ2n) is 4.59. The van der Waals surface area contributed by atoms with Gasteiger partial charge < -0.3 is 25.8 Å². The summed E-state index contributed by atoms with van der Waals surface area (Å²) in [6.07, 6.45) is 1.23. The zero-order chi connectivity index (χ0) is 16.5. The van der Waals surface area contributed by atoms with Crippen molar-refractivity contribution in [3.8, 4) is 11.5 Å². The number of hydrogen-bond acceptors (Lipinski definition) is 5. The molecule has 0 aliphatic rings. The first-order chi connectivity index (χ1) is 10.5. The molecule has 0 atom stereocenters. The molecule has 1 aromatic rings. The summed E-state index contributed by atoms with van der Waals surface area (Å²) in [6, 6.07) is 3.23. The highest BCUT2D eigenvalue weighted by atomic mass is 16.5. The van der Waals surface area contributed by atoms with Gasteiger partial charge in [0.05, 0.1) is 25.6 Å². The van der Waals surface area contributed by atoms with Gasteiger partial charge in [0.1, 0.15) is 0 Å². The molecule has 0 fully saturated rings. The van der Waals surface area contributed by atoms with Gasteiger partial charge in [-0.25, -0.2) is 0 Å². The molecule has 0 saturated heterocycles. The van der Waals surface area contributed by atoms with Crippen LogP contribution in [0.4, 0.5) is 11.4 Å². The highest BCUT2D eigenvalue weighted by Gasteiger charge is 2.14. The fourth-order valence-electron chi connectivity index (χ4n) is 1.80. The molecule has 0 aliphatic carbocycles. The van der Waals surface area contributed by atoms with Crippen LogP contribution in [0.2, 0.25) is 0 Å². The van der Waals surface area contributed by atoms with Crippen molar-refractivity contribution in [3.05, 3.63) is 12.1 Å². The Morgan fingerprint density at radius 2 is 1.55 bits per heavy atom. The largest absolute Gasteiger partial charge is 0.493 e. The van der Waals surface area contributed by atoms with Crippen LogP contribution in [0.15, 0.2) is 12.1 Å². The highest BCUT2D eigenvalue weighted by Crippen LogP contribution is 2.36. The van der Waals surface area contributed by atoms with E-state index in [1.54, 1.807) is 19.1 Å². The first-order valence-electron chi connectivity index (χ1n) is 7.11. The molecule has 4 N–H and O–H groups in total. The quantitative estimate of drug-likeness (QED) is 0.678. The Morgan fingerprint density at radius 1 is 1.05 bits per heavy atom. The Labute approximate surface area is 130 Å². The van der Waals surface area contributed by atoms with Gasteiger partial charge in [-0.3, -0.25) is 9.59 Å². The summed E-state index contributed by atoms with van der Waals surface area (Å²) in [5.41, 5.74) is 6.32. The van der Waals surface area contributed by atoms with E-state index in [4.69, 9.17) is 15.2 Å². The third-order valence-corrected chi connectivity index (χ3v) is 3.00. The van der Waals surface area contributed by atoms with E-state index in [1.807, 2.05) is 0 Å². The summed E-state index contributed by atoms with van der Waals surface area (Å²) in [5.74, 6) is 0.592. The zero-order valence-corrected chi connectivity index (χ0v) is 13.2. The van der Waals surface area contributed by atoms with Gasteiger partial charge in [-0.2, -0.15) is 0 Å². The van der Waals surface area contributed by atoms with Gasteiger partial charge in [0.15, 0.2) is 11.5 Å². The van der Waals surface area contributed by atoms with Crippen molar-refractivity contribution >= 4 is 23.2 Å². The lowest BCUT2D eigenvalue weighted by Crippen LogP contribution is -2.17. The molecule has 0 bridgehead atoms. The predicted octanol–water partition coefficient (Wildman–Crippen LogP) is 1.73. The molecular weight excluding hydrogens is 286 g/mol. The monoisotopic (exact) mass is 309 g/mol. The molecule has 1 rings (SSSR count). The fraction of sp³-hybridized carbons (Fsp3) is 0.467. The van der Waals surface area contributed by atoms with Crippen LogP contribution in [0, 0.1) is 0 Å². The molecule has 0 heterocycles. The minimum Gasteiger partial charge on any atom is -0.493 e. The summed E-state index contributed by atoms with van der Waals surface area (Å²) in [7, 11) is 3.00. The maximum atomic E-state index is 11.9. The van der Waals surface area contributed by atoms with Crippen LogP contribution >= 0.6 is 0 Å². The molecule has 0 aromatic heterocycles. The average Bonchev–Trinajstić information content (AvgIpc) is 2.53. The van der Waals surface area contributed by atoms with Gasteiger partial charge in [-0.1, -0.05) is 6.92 Å². The molecule has 0 spiro atoms. The second kappa shape index (κ2) is 8.89. The molecule has 7 heteroatoms. The summed E-state index contributed by atoms with van der Waals surface area (Å²) < 4.78 is 10.4. The molecule has 0 saturated carbocycles. The van der Waals surface area contributed by atoms with Crippen molar-refractivity contribution in [2.75, 3.05) is 31.4 Å². The lowest BCUT2D eigenvalue weighted by atomic mass is 10.2. The number of amides is 2. The number of carbonyl (C=O) groups excluding carboxylic acids is 2. The first kappa shape index (κ1) is 17.8. The number of carbonyl (C=O) groups is 2. The van der Waals surface area contributed by atoms with Gasteiger partial charge in [-0.15, -0.1) is 0 Å². The number of benzene rings is 1. The van der Waals surface area contributed by atoms with Crippen molar-refractivity contribution in [3.63, 3.8) is 0 Å². The number of anilines is 2. The Kier molecular flexibility index (Phi) is 7.18. The smallest absolute Gasteiger partial charge is 0.224 e. The maximum absolute atomic E-state index is 11.9. The lowest BCUT2D eigenvalue weighted by molar-refractivity contribution is -0.117. The molecule has 0 aliphatic heterocycles. The third kappa shape index (κ3) is 4.92. The zero-order valence-electron chi connectivity index (χ0n) is 13.2. The van der Waals surface area contributed by atoms with Crippen LogP contribution in [0.5, 0.6) is 11.5 Å². The molecule has 1 aromatic carbocycles. The molecule has 7 nitrogen and oxygen atoms in total. The van der Waals surface area contributed by atoms with Gasteiger partial charge in [0, 0.05) is 25.0 Å². The average molecular weight is 309 g/mol. The van der Waals surface area contributed by atoms with E-state index < -0.39 is 0 Å². The van der Waals surface area contributed by atoms with E-state index in [-0.39, 0.29) is 11.8 Å². The van der Waals surface area contributed by atoms with E-state index >= 15 is 0 Å². The normalized spacial score (nSPS) is 10.0. The molecule has 0 unspecified atom stereocenters. The lowest BCUT2D eigenvalue weighted by Gasteiger charge is -2.16. The molecular formula is C15H23N3O4. The highest BCUT2D eigenvalue weighted by molar-refractivity contribution is 6.00. The van der Waals surface area contributed by atoms with Crippen molar-refractivity contribution in [2.45, 2.75) is 26.2 Å². The van der Waals surface area contributed by atoms with E-state index in [1.165, 1.54) is 14.2 Å². The number of nitrogens with two attached hydrogens (primary N) is 1. The van der Waals surface area contributed by atoms with Gasteiger partial charge in [-0.05, 0) is 13.0 Å². The van der Waals surface area contributed by atoms with Crippen LogP contribution < -0.4 is 25.8 Å². The SMILES string of the molecule is CCC(=O)Nc1cc(OC)c(OC)cc1NC(=O)CCCN. The Balaban J connectivity index is 3.09. The Bertz CT molecular complexity index is 532. The van der Waals surface area contributed by atoms with Crippen LogP contribution in [0.25, 0.3) is 0 Å². The fourth-order valence-corrected chi connectivity index (χ4v) is 1.80. The topological polar surface area (TPSA) is 103 Å². The van der Waals surface area contributed by atoms with E-state index in [0.29, 0.717) is 48.7 Å². The van der Waals surface area contributed by atoms with Gasteiger partial charge in [0.25, 0.3) is 0 Å². The maximum Gasteiger partial charge on any atom is 0.224 e. The van der Waals surface area contributed by atoms with E-state index in [0.717, 1.165) is 0 Å². The molecule has 2 amide bonds. The van der Waals surface area contributed by atoms with Gasteiger partial charge >= 0.3 is 0 Å². The van der Waals surface area contributed by atoms with E-state index in [9.17, 15) is 9.59 Å². The summed E-state index contributed by atoms with van der Waals surface area (Å²) in [6.45, 7) is 2.19. The number of ether oxygens (including phenoxy) is 2. The van der Waals surface area contributed by atoms with Crippen LogP contribution in [-0.2, 0) is 9.59 Å². The van der Waals surface area contributed by atoms with Crippen LogP contribution in [-0.4, -0.2) is 32.6 Å². The second-order valence-corrected chi connectivity index (χ2v) is 4.59. The number of methoxy groups -OCH3 is 2. The summed E-state index contributed by atoms with van der Waals surface area (Å²) >= 11 is 0. The number of rotatable bonds is 8. The van der Waals surface area contributed by atoms with Crippen LogP contribution in [0.1, 0.15) is 26.2 Å². The van der Waals surface area contributed by atoms with E-state index in [2.05, 4.69) is 10.6 Å². The van der Waals surface area contributed by atoms with Crippen molar-refractivity contribution in [1.82, 2.24) is 0 Å².